The summed E-state index contributed by atoms with van der Waals surface area (Å²) < 4.78 is 22.1. The highest BCUT2D eigenvalue weighted by atomic mass is 28.4. The number of hydrogen-bond donors (Lipinski definition) is 1. The Morgan fingerprint density at radius 1 is 1.06 bits per heavy atom. The van der Waals surface area contributed by atoms with E-state index in [0.717, 1.165) is 11.9 Å². The average Bonchev–Trinajstić information content (AvgIpc) is 3.22. The van der Waals surface area contributed by atoms with Crippen LogP contribution in [-0.4, -0.2) is 50.0 Å². The van der Waals surface area contributed by atoms with Gasteiger partial charge in [-0.15, -0.1) is 0 Å². The molecule has 2 aromatic rings. The van der Waals surface area contributed by atoms with Crippen LogP contribution >= 0.6 is 0 Å². The zero-order valence-corrected chi connectivity index (χ0v) is 23.5. The van der Waals surface area contributed by atoms with E-state index in [0.29, 0.717) is 17.9 Å². The second-order valence-electron chi connectivity index (χ2n) is 12.1. The van der Waals surface area contributed by atoms with Gasteiger partial charge in [0.25, 0.3) is 0 Å². The van der Waals surface area contributed by atoms with Crippen molar-refractivity contribution >= 4 is 33.5 Å². The number of aromatic nitrogens is 3. The van der Waals surface area contributed by atoms with Crippen molar-refractivity contribution in [1.82, 2.24) is 14.5 Å². The van der Waals surface area contributed by atoms with Gasteiger partial charge in [-0.3, -0.25) is 0 Å². The number of nitrogens with two attached hydrogens (primary N) is 1. The Morgan fingerprint density at radius 3 is 2.28 bits per heavy atom. The minimum Gasteiger partial charge on any atom is -0.414 e. The molecular formula is C23H42N4O3Si2. The van der Waals surface area contributed by atoms with Gasteiger partial charge in [0.1, 0.15) is 17.8 Å². The summed E-state index contributed by atoms with van der Waals surface area (Å²) in [6.07, 6.45) is 3.94. The van der Waals surface area contributed by atoms with Crippen LogP contribution in [0.3, 0.4) is 0 Å². The van der Waals surface area contributed by atoms with Crippen molar-refractivity contribution in [1.29, 1.82) is 0 Å². The molecule has 2 N–H and O–H groups in total. The summed E-state index contributed by atoms with van der Waals surface area (Å²) in [5, 5.41) is 0.267. The molecule has 3 rings (SSSR count). The average molecular weight is 479 g/mol. The number of imidazole rings is 1. The Balaban J connectivity index is 1.87. The van der Waals surface area contributed by atoms with E-state index >= 15 is 0 Å². The molecule has 9 heteroatoms. The summed E-state index contributed by atoms with van der Waals surface area (Å²) in [5.41, 5.74) is 7.67. The van der Waals surface area contributed by atoms with E-state index in [1.807, 2.05) is 6.07 Å². The topological polar surface area (TPSA) is 84.4 Å². The zero-order chi connectivity index (χ0) is 24.1. The molecule has 0 saturated carbocycles. The van der Waals surface area contributed by atoms with Crippen LogP contribution in [-0.2, 0) is 13.6 Å². The predicted octanol–water partition coefficient (Wildman–Crippen LogP) is 5.71. The maximum atomic E-state index is 6.87. The first-order valence-electron chi connectivity index (χ1n) is 11.6. The Bertz CT molecular complexity index is 947. The summed E-state index contributed by atoms with van der Waals surface area (Å²) in [6, 6.07) is 1.94. The number of nitrogens with zero attached hydrogens (tertiary/aromatic N) is 3. The quantitative estimate of drug-likeness (QED) is 0.535. The largest absolute Gasteiger partial charge is 0.414 e. The Kier molecular flexibility index (Phi) is 6.74. The molecule has 1 fully saturated rings. The zero-order valence-electron chi connectivity index (χ0n) is 21.5. The van der Waals surface area contributed by atoms with Gasteiger partial charge in [-0.1, -0.05) is 41.5 Å². The van der Waals surface area contributed by atoms with Gasteiger partial charge in [0.15, 0.2) is 22.5 Å². The standard InChI is InChI=1S/C23H42N4O3Si2/c1-22(2,3)31(7,8)28-14-18-17(30-32(9,10)23(4,5)6)13-19(29-18)27-15-26-20-16(27)11-12-25-21(20)24/h11-12,15,17-19H,13-14H2,1-10H3,(H2,24,25)/t17-,18+,19+/m0/s1. The van der Waals surface area contributed by atoms with Gasteiger partial charge in [0.2, 0.25) is 0 Å². The SMILES string of the molecule is CC(C)(C)[Si](C)(C)OC[C@H]1O[C@@H](n2cnc3c(N)nccc32)C[C@@H]1O[Si](C)(C)C(C)(C)C. The van der Waals surface area contributed by atoms with Crippen molar-refractivity contribution in [3.05, 3.63) is 18.6 Å². The Labute approximate surface area is 195 Å². The van der Waals surface area contributed by atoms with Gasteiger partial charge in [-0.25, -0.2) is 9.97 Å². The number of hydrogen-bond acceptors (Lipinski definition) is 6. The molecule has 0 aliphatic carbocycles. The van der Waals surface area contributed by atoms with Crippen molar-refractivity contribution in [2.24, 2.45) is 0 Å². The molecule has 0 spiro atoms. The number of anilines is 1. The maximum Gasteiger partial charge on any atom is 0.192 e. The maximum absolute atomic E-state index is 6.87. The monoisotopic (exact) mass is 478 g/mol. The molecule has 2 aromatic heterocycles. The third kappa shape index (κ3) is 4.96. The lowest BCUT2D eigenvalue weighted by molar-refractivity contribution is -0.0382. The molecule has 1 saturated heterocycles. The molecule has 3 heterocycles. The van der Waals surface area contributed by atoms with E-state index in [1.54, 1.807) is 12.5 Å². The molecule has 0 aromatic carbocycles. The third-order valence-corrected chi connectivity index (χ3v) is 16.7. The van der Waals surface area contributed by atoms with Crippen molar-refractivity contribution in [2.45, 2.75) is 103 Å². The Morgan fingerprint density at radius 2 is 1.69 bits per heavy atom. The first kappa shape index (κ1) is 25.4. The van der Waals surface area contributed by atoms with E-state index in [2.05, 4.69) is 82.3 Å². The van der Waals surface area contributed by atoms with Gasteiger partial charge in [-0.05, 0) is 42.3 Å². The van der Waals surface area contributed by atoms with Gasteiger partial charge < -0.3 is 23.9 Å². The van der Waals surface area contributed by atoms with Crippen LogP contribution in [0.4, 0.5) is 5.82 Å². The number of pyridine rings is 1. The summed E-state index contributed by atoms with van der Waals surface area (Å²) in [7, 11) is -3.88. The van der Waals surface area contributed by atoms with E-state index < -0.39 is 16.6 Å². The lowest BCUT2D eigenvalue weighted by Gasteiger charge is -2.40. The molecule has 1 aliphatic heterocycles. The lowest BCUT2D eigenvalue weighted by atomic mass is 10.2. The van der Waals surface area contributed by atoms with Gasteiger partial charge in [-0.2, -0.15) is 0 Å². The van der Waals surface area contributed by atoms with Crippen LogP contribution in [0.15, 0.2) is 18.6 Å². The number of fused-ring (bicyclic) bond motifs is 1. The second-order valence-corrected chi connectivity index (χ2v) is 21.6. The minimum absolute atomic E-state index is 0.0257. The summed E-state index contributed by atoms with van der Waals surface area (Å²) in [5.74, 6) is 0.436. The lowest BCUT2D eigenvalue weighted by Crippen LogP contribution is -2.48. The predicted molar refractivity (Wildman–Crippen MR) is 136 cm³/mol. The summed E-state index contributed by atoms with van der Waals surface area (Å²) >= 11 is 0. The van der Waals surface area contributed by atoms with Crippen LogP contribution in [0.1, 0.15) is 54.2 Å². The van der Waals surface area contributed by atoms with E-state index in [4.69, 9.17) is 19.3 Å². The number of rotatable bonds is 6. The smallest absolute Gasteiger partial charge is 0.192 e. The molecule has 7 nitrogen and oxygen atoms in total. The van der Waals surface area contributed by atoms with E-state index in [9.17, 15) is 0 Å². The van der Waals surface area contributed by atoms with Crippen LogP contribution in [0, 0.1) is 0 Å². The molecule has 32 heavy (non-hydrogen) atoms. The highest BCUT2D eigenvalue weighted by Gasteiger charge is 2.46. The molecule has 3 atom stereocenters. The molecule has 0 unspecified atom stereocenters. The molecule has 0 amide bonds. The Hall–Kier alpha value is -1.27. The van der Waals surface area contributed by atoms with Gasteiger partial charge in [0.05, 0.1) is 24.6 Å². The molecule has 1 aliphatic rings. The summed E-state index contributed by atoms with van der Waals surface area (Å²) in [4.78, 5) is 8.64. The second kappa shape index (κ2) is 8.50. The molecule has 0 bridgehead atoms. The fourth-order valence-corrected chi connectivity index (χ4v) is 5.79. The van der Waals surface area contributed by atoms with Crippen LogP contribution in [0.5, 0.6) is 0 Å². The van der Waals surface area contributed by atoms with Crippen molar-refractivity contribution in [3.8, 4) is 0 Å². The van der Waals surface area contributed by atoms with Crippen LogP contribution in [0.2, 0.25) is 36.3 Å². The minimum atomic E-state index is -1.98. The number of ether oxygens (including phenoxy) is 1. The van der Waals surface area contributed by atoms with Gasteiger partial charge in [0, 0.05) is 12.6 Å². The van der Waals surface area contributed by atoms with Gasteiger partial charge >= 0.3 is 0 Å². The number of nitrogen functional groups attached to an aromatic ring is 1. The van der Waals surface area contributed by atoms with E-state index in [1.165, 1.54) is 0 Å². The highest BCUT2D eigenvalue weighted by Crippen LogP contribution is 2.43. The van der Waals surface area contributed by atoms with Crippen LogP contribution in [0.25, 0.3) is 11.0 Å². The first-order chi connectivity index (χ1) is 14.5. The van der Waals surface area contributed by atoms with Crippen LogP contribution < -0.4 is 5.73 Å². The van der Waals surface area contributed by atoms with Crippen molar-refractivity contribution < 1.29 is 13.6 Å². The molecule has 180 valence electrons. The molecular weight excluding hydrogens is 436 g/mol. The first-order valence-corrected chi connectivity index (χ1v) is 17.4. The van der Waals surface area contributed by atoms with Crippen molar-refractivity contribution in [2.75, 3.05) is 12.3 Å². The fraction of sp³-hybridized carbons (Fsp3) is 0.739. The normalized spacial score (nSPS) is 23.2. The summed E-state index contributed by atoms with van der Waals surface area (Å²) in [6.45, 7) is 23.3. The third-order valence-electron chi connectivity index (χ3n) is 7.68. The van der Waals surface area contributed by atoms with Crippen molar-refractivity contribution in [3.63, 3.8) is 0 Å². The molecule has 0 radical (unpaired) electrons. The fourth-order valence-electron chi connectivity index (χ4n) is 3.42. The van der Waals surface area contributed by atoms with E-state index in [-0.39, 0.29) is 28.5 Å². The highest BCUT2D eigenvalue weighted by molar-refractivity contribution is 6.74.